The smallest absolute Gasteiger partial charge is 0.172 e. The fraction of sp³-hybridized carbons (Fsp3) is 0.500. The molecule has 0 heterocycles. The molecule has 5 heteroatoms. The average Bonchev–Trinajstić information content (AvgIpc) is 3.19. The van der Waals surface area contributed by atoms with E-state index in [4.69, 9.17) is 10.9 Å². The van der Waals surface area contributed by atoms with Gasteiger partial charge in [-0.1, -0.05) is 34.9 Å². The van der Waals surface area contributed by atoms with E-state index in [1.807, 2.05) is 18.2 Å². The predicted octanol–water partition coefficient (Wildman–Crippen LogP) is 3.17. The Morgan fingerprint density at radius 2 is 2.21 bits per heavy atom. The van der Waals surface area contributed by atoms with E-state index in [-0.39, 0.29) is 5.84 Å². The molecule has 1 fully saturated rings. The van der Waals surface area contributed by atoms with Gasteiger partial charge < -0.3 is 15.8 Å². The number of nitrogens with zero attached hydrogens (tertiary/aromatic N) is 2. The van der Waals surface area contributed by atoms with Crippen molar-refractivity contribution in [2.45, 2.75) is 32.7 Å². The lowest BCUT2D eigenvalue weighted by Crippen LogP contribution is -2.32. The van der Waals surface area contributed by atoms with Crippen LogP contribution in [-0.4, -0.2) is 23.6 Å². The van der Waals surface area contributed by atoms with Gasteiger partial charge in [-0.05, 0) is 37.0 Å². The summed E-state index contributed by atoms with van der Waals surface area (Å²) in [6.07, 6.45) is 2.43. The Morgan fingerprint density at radius 1 is 1.53 bits per heavy atom. The Labute approximate surface area is 122 Å². The highest BCUT2D eigenvalue weighted by atomic mass is 79.9. The second kappa shape index (κ2) is 5.82. The van der Waals surface area contributed by atoms with Crippen LogP contribution in [0.2, 0.25) is 0 Å². The van der Waals surface area contributed by atoms with E-state index in [1.165, 1.54) is 12.8 Å². The van der Waals surface area contributed by atoms with Crippen molar-refractivity contribution in [1.82, 2.24) is 0 Å². The number of amidine groups is 1. The van der Waals surface area contributed by atoms with Crippen LogP contribution in [-0.2, 0) is 0 Å². The van der Waals surface area contributed by atoms with Crippen LogP contribution in [0.15, 0.2) is 27.8 Å². The highest BCUT2D eigenvalue weighted by Gasteiger charge is 2.31. The third-order valence-electron chi connectivity index (χ3n) is 3.20. The number of rotatable bonds is 5. The maximum atomic E-state index is 8.93. The number of hydrogen-bond acceptors (Lipinski definition) is 3. The summed E-state index contributed by atoms with van der Waals surface area (Å²) < 4.78 is 1.01. The van der Waals surface area contributed by atoms with E-state index in [0.717, 1.165) is 22.3 Å². The lowest BCUT2D eigenvalue weighted by Gasteiger charge is -2.28. The Bertz CT molecular complexity index is 484. The molecule has 1 aromatic carbocycles. The molecule has 0 amide bonds. The summed E-state index contributed by atoms with van der Waals surface area (Å²) in [6.45, 7) is 5.39. The first-order valence-corrected chi connectivity index (χ1v) is 7.36. The van der Waals surface area contributed by atoms with Crippen LogP contribution in [0.4, 0.5) is 5.69 Å². The van der Waals surface area contributed by atoms with Crippen molar-refractivity contribution in [1.29, 1.82) is 0 Å². The second-order valence-electron chi connectivity index (χ2n) is 5.42. The van der Waals surface area contributed by atoms with Crippen LogP contribution in [0.1, 0.15) is 32.3 Å². The molecule has 1 saturated carbocycles. The molecule has 3 N–H and O–H groups in total. The molecule has 2 rings (SSSR count). The highest BCUT2D eigenvalue weighted by molar-refractivity contribution is 9.10. The first kappa shape index (κ1) is 14.2. The highest BCUT2D eigenvalue weighted by Crippen LogP contribution is 2.35. The molecule has 1 aliphatic carbocycles. The molecule has 0 aromatic heterocycles. The number of halogens is 1. The second-order valence-corrected chi connectivity index (χ2v) is 6.34. The first-order valence-electron chi connectivity index (χ1n) is 6.57. The largest absolute Gasteiger partial charge is 0.409 e. The van der Waals surface area contributed by atoms with Crippen molar-refractivity contribution >= 4 is 27.5 Å². The van der Waals surface area contributed by atoms with Crippen molar-refractivity contribution in [3.63, 3.8) is 0 Å². The topological polar surface area (TPSA) is 61.8 Å². The Hall–Kier alpha value is -1.23. The van der Waals surface area contributed by atoms with Gasteiger partial charge in [0.2, 0.25) is 0 Å². The Balaban J connectivity index is 2.42. The predicted molar refractivity (Wildman–Crippen MR) is 81.9 cm³/mol. The van der Waals surface area contributed by atoms with E-state index in [1.54, 1.807) is 0 Å². The number of hydrogen-bond donors (Lipinski definition) is 2. The van der Waals surface area contributed by atoms with Crippen molar-refractivity contribution in [2.24, 2.45) is 16.8 Å². The van der Waals surface area contributed by atoms with Crippen molar-refractivity contribution in [3.05, 3.63) is 28.2 Å². The monoisotopic (exact) mass is 325 g/mol. The number of oxime groups is 1. The number of anilines is 1. The van der Waals surface area contributed by atoms with Crippen LogP contribution in [0.25, 0.3) is 0 Å². The van der Waals surface area contributed by atoms with E-state index < -0.39 is 0 Å². The van der Waals surface area contributed by atoms with Crippen molar-refractivity contribution in [2.75, 3.05) is 11.4 Å². The summed E-state index contributed by atoms with van der Waals surface area (Å²) in [7, 11) is 0. The molecule has 1 aromatic rings. The molecule has 0 aliphatic heterocycles. The van der Waals surface area contributed by atoms with Gasteiger partial charge in [-0.2, -0.15) is 0 Å². The lowest BCUT2D eigenvalue weighted by molar-refractivity contribution is 0.318. The summed E-state index contributed by atoms with van der Waals surface area (Å²) in [5, 5.41) is 12.1. The summed E-state index contributed by atoms with van der Waals surface area (Å²) >= 11 is 3.50. The van der Waals surface area contributed by atoms with Gasteiger partial charge in [0.1, 0.15) is 0 Å². The van der Waals surface area contributed by atoms with Gasteiger partial charge in [-0.3, -0.25) is 0 Å². The minimum atomic E-state index is 0.164. The van der Waals surface area contributed by atoms with Crippen LogP contribution in [0.3, 0.4) is 0 Å². The summed E-state index contributed by atoms with van der Waals surface area (Å²) in [5.74, 6) is 0.733. The van der Waals surface area contributed by atoms with Crippen LogP contribution in [0.5, 0.6) is 0 Å². The molecule has 0 unspecified atom stereocenters. The third kappa shape index (κ3) is 3.41. The number of nitrogens with two attached hydrogens (primary N) is 1. The fourth-order valence-electron chi connectivity index (χ4n) is 2.24. The number of benzene rings is 1. The van der Waals surface area contributed by atoms with Gasteiger partial charge in [0, 0.05) is 28.3 Å². The minimum absolute atomic E-state index is 0.164. The molecule has 4 nitrogen and oxygen atoms in total. The summed E-state index contributed by atoms with van der Waals surface area (Å²) in [6, 6.07) is 6.44. The maximum absolute atomic E-state index is 8.93. The van der Waals surface area contributed by atoms with Crippen LogP contribution < -0.4 is 10.6 Å². The first-order chi connectivity index (χ1) is 9.02. The molecular weight excluding hydrogens is 306 g/mol. The molecule has 19 heavy (non-hydrogen) atoms. The summed E-state index contributed by atoms with van der Waals surface area (Å²) in [4.78, 5) is 2.38. The van der Waals surface area contributed by atoms with Gasteiger partial charge in [0.15, 0.2) is 5.84 Å². The molecule has 1 aliphatic rings. The van der Waals surface area contributed by atoms with Crippen LogP contribution >= 0.6 is 15.9 Å². The van der Waals surface area contributed by atoms with E-state index in [2.05, 4.69) is 39.8 Å². The fourth-order valence-corrected chi connectivity index (χ4v) is 2.59. The zero-order valence-electron chi connectivity index (χ0n) is 11.3. The Kier molecular flexibility index (Phi) is 4.34. The SMILES string of the molecule is CC(C)CN(c1cc(Br)ccc1/C(N)=N/O)C1CC1. The molecular formula is C14H20BrN3O. The van der Waals surface area contributed by atoms with E-state index >= 15 is 0 Å². The molecule has 104 valence electrons. The van der Waals surface area contributed by atoms with E-state index in [0.29, 0.717) is 12.0 Å². The standard InChI is InChI=1S/C14H20BrN3O/c1-9(2)8-18(11-4-5-11)13-7-10(15)3-6-12(13)14(16)17-19/h3,6-7,9,11,19H,4-5,8H2,1-2H3,(H2,16,17). The summed E-state index contributed by atoms with van der Waals surface area (Å²) in [5.41, 5.74) is 7.62. The maximum Gasteiger partial charge on any atom is 0.172 e. The van der Waals surface area contributed by atoms with E-state index in [9.17, 15) is 0 Å². The minimum Gasteiger partial charge on any atom is -0.409 e. The van der Waals surface area contributed by atoms with Crippen molar-refractivity contribution < 1.29 is 5.21 Å². The quantitative estimate of drug-likeness (QED) is 0.378. The van der Waals surface area contributed by atoms with Gasteiger partial charge in [0.05, 0.1) is 0 Å². The molecule has 0 spiro atoms. The zero-order valence-corrected chi connectivity index (χ0v) is 12.9. The van der Waals surface area contributed by atoms with Gasteiger partial charge in [-0.15, -0.1) is 0 Å². The Morgan fingerprint density at radius 3 is 2.74 bits per heavy atom. The molecule has 0 bridgehead atoms. The molecule has 0 radical (unpaired) electrons. The van der Waals surface area contributed by atoms with Gasteiger partial charge in [0.25, 0.3) is 0 Å². The normalized spacial score (nSPS) is 15.9. The van der Waals surface area contributed by atoms with Gasteiger partial charge >= 0.3 is 0 Å². The third-order valence-corrected chi connectivity index (χ3v) is 3.70. The van der Waals surface area contributed by atoms with Crippen molar-refractivity contribution in [3.8, 4) is 0 Å². The molecule has 0 saturated heterocycles. The van der Waals surface area contributed by atoms with Crippen LogP contribution in [0, 0.1) is 5.92 Å². The molecule has 0 atom stereocenters. The van der Waals surface area contributed by atoms with Gasteiger partial charge in [-0.25, -0.2) is 0 Å². The lowest BCUT2D eigenvalue weighted by atomic mass is 10.1. The average molecular weight is 326 g/mol. The zero-order chi connectivity index (χ0) is 14.0.